The van der Waals surface area contributed by atoms with Crippen LogP contribution in [0.5, 0.6) is 11.5 Å². The standard InChI is InChI=1S/C29H27FN2O8S2/c1-41(35)14-13-32(42(2,36)37)24-16-25-23(15-22(24)17-3-4-17)26(28(33)40-29(31)34)27(39-25)18-5-9-20(10-6-18)38-21-11-7-19(30)8-12-21/h5-12,15-17H,3-4,13-14H2,1-2H3,(H2,31,34). The van der Waals surface area contributed by atoms with Gasteiger partial charge in [-0.1, -0.05) is 0 Å². The Kier molecular flexibility index (Phi) is 8.06. The number of amides is 1. The van der Waals surface area contributed by atoms with Crippen molar-refractivity contribution in [3.8, 4) is 22.8 Å². The molecule has 1 fully saturated rings. The molecule has 0 radical (unpaired) electrons. The molecule has 1 atom stereocenters. The molecule has 0 spiro atoms. The lowest BCUT2D eigenvalue weighted by Crippen LogP contribution is -2.34. The van der Waals surface area contributed by atoms with E-state index in [-0.39, 0.29) is 35.1 Å². The van der Waals surface area contributed by atoms with Crippen LogP contribution in [-0.4, -0.2) is 49.5 Å². The van der Waals surface area contributed by atoms with E-state index in [1.54, 1.807) is 36.4 Å². The first-order chi connectivity index (χ1) is 19.9. The second-order valence-electron chi connectivity index (χ2n) is 9.89. The van der Waals surface area contributed by atoms with E-state index < -0.39 is 38.7 Å². The molecular formula is C29H27FN2O8S2. The SMILES string of the molecule is CS(=O)CCN(c1cc2oc(-c3ccc(Oc4ccc(F)cc4)cc3)c(C(=O)OC(N)=O)c2cc1C1CC1)S(C)(=O)=O. The van der Waals surface area contributed by atoms with Crippen molar-refractivity contribution < 1.29 is 40.5 Å². The van der Waals surface area contributed by atoms with Gasteiger partial charge in [0, 0.05) is 46.4 Å². The zero-order chi connectivity index (χ0) is 30.2. The number of esters is 1. The second kappa shape index (κ2) is 11.6. The molecule has 42 heavy (non-hydrogen) atoms. The number of sulfonamides is 1. The monoisotopic (exact) mass is 614 g/mol. The lowest BCUT2D eigenvalue weighted by atomic mass is 10.0. The molecule has 0 saturated heterocycles. The number of rotatable bonds is 10. The van der Waals surface area contributed by atoms with E-state index in [1.807, 2.05) is 0 Å². The van der Waals surface area contributed by atoms with Crippen LogP contribution in [0, 0.1) is 5.82 Å². The summed E-state index contributed by atoms with van der Waals surface area (Å²) < 4.78 is 68.5. The summed E-state index contributed by atoms with van der Waals surface area (Å²) in [7, 11) is -5.00. The van der Waals surface area contributed by atoms with E-state index in [9.17, 15) is 26.6 Å². The zero-order valence-electron chi connectivity index (χ0n) is 22.7. The minimum atomic E-state index is -3.76. The fourth-order valence-corrected chi connectivity index (χ4v) is 6.12. The van der Waals surface area contributed by atoms with Gasteiger partial charge in [-0.25, -0.2) is 22.4 Å². The number of hydrogen-bond acceptors (Lipinski definition) is 8. The topological polar surface area (TPSA) is 146 Å². The minimum absolute atomic E-state index is 0.00711. The average Bonchev–Trinajstić information content (AvgIpc) is 3.69. The van der Waals surface area contributed by atoms with Gasteiger partial charge in [0.1, 0.15) is 34.2 Å². The van der Waals surface area contributed by atoms with Gasteiger partial charge in [0.25, 0.3) is 0 Å². The Morgan fingerprint density at radius 3 is 2.24 bits per heavy atom. The van der Waals surface area contributed by atoms with Gasteiger partial charge in [-0.05, 0) is 78.9 Å². The van der Waals surface area contributed by atoms with E-state index >= 15 is 0 Å². The van der Waals surface area contributed by atoms with Gasteiger partial charge in [0.05, 0.1) is 11.9 Å². The van der Waals surface area contributed by atoms with E-state index in [2.05, 4.69) is 0 Å². The van der Waals surface area contributed by atoms with E-state index in [0.29, 0.717) is 33.7 Å². The van der Waals surface area contributed by atoms with Crippen LogP contribution in [0.1, 0.15) is 34.7 Å². The Morgan fingerprint density at radius 1 is 1.07 bits per heavy atom. The van der Waals surface area contributed by atoms with Crippen LogP contribution in [0.15, 0.2) is 65.1 Å². The van der Waals surface area contributed by atoms with Crippen LogP contribution in [-0.2, 0) is 25.6 Å². The number of anilines is 1. The van der Waals surface area contributed by atoms with Gasteiger partial charge < -0.3 is 19.6 Å². The summed E-state index contributed by atoms with van der Waals surface area (Å²) in [5.41, 5.74) is 6.76. The van der Waals surface area contributed by atoms with Crippen LogP contribution in [0.4, 0.5) is 14.9 Å². The van der Waals surface area contributed by atoms with Crippen molar-refractivity contribution >= 4 is 49.5 Å². The number of carbonyl (C=O) groups excluding carboxylic acids is 2. The maximum Gasteiger partial charge on any atom is 0.412 e. The quantitative estimate of drug-likeness (QED) is 0.187. The van der Waals surface area contributed by atoms with Gasteiger partial charge in [0.2, 0.25) is 10.0 Å². The molecule has 5 rings (SSSR count). The highest BCUT2D eigenvalue weighted by Gasteiger charge is 2.33. The van der Waals surface area contributed by atoms with Gasteiger partial charge in [0.15, 0.2) is 0 Å². The van der Waals surface area contributed by atoms with Crippen molar-refractivity contribution in [1.29, 1.82) is 0 Å². The molecule has 4 aromatic rings. The van der Waals surface area contributed by atoms with E-state index in [1.165, 1.54) is 34.8 Å². The lowest BCUT2D eigenvalue weighted by Gasteiger charge is -2.24. The Balaban J connectivity index is 1.62. The van der Waals surface area contributed by atoms with Crippen LogP contribution in [0.2, 0.25) is 0 Å². The Bertz CT molecular complexity index is 1800. The predicted octanol–water partition coefficient (Wildman–Crippen LogP) is 5.29. The number of benzene rings is 3. The number of carbonyl (C=O) groups is 2. The molecule has 2 N–H and O–H groups in total. The Hall–Kier alpha value is -4.23. The third-order valence-electron chi connectivity index (χ3n) is 6.67. The van der Waals surface area contributed by atoms with E-state index in [0.717, 1.165) is 19.1 Å². The molecule has 1 aliphatic carbocycles. The lowest BCUT2D eigenvalue weighted by molar-refractivity contribution is 0.0640. The van der Waals surface area contributed by atoms with Crippen LogP contribution in [0.25, 0.3) is 22.3 Å². The first kappa shape index (κ1) is 29.3. The van der Waals surface area contributed by atoms with Crippen molar-refractivity contribution in [2.45, 2.75) is 18.8 Å². The summed E-state index contributed by atoms with van der Waals surface area (Å²) in [4.78, 5) is 24.6. The first-order valence-corrected chi connectivity index (χ1v) is 16.4. The molecule has 1 unspecified atom stereocenters. The number of fused-ring (bicyclic) bond motifs is 1. The summed E-state index contributed by atoms with van der Waals surface area (Å²) in [6, 6.07) is 15.2. The number of nitrogens with two attached hydrogens (primary N) is 1. The molecule has 1 aliphatic rings. The summed E-state index contributed by atoms with van der Waals surface area (Å²) in [6.07, 6.45) is 2.91. The molecule has 1 amide bonds. The maximum absolute atomic E-state index is 13.2. The van der Waals surface area contributed by atoms with Crippen molar-refractivity contribution in [1.82, 2.24) is 0 Å². The summed E-state index contributed by atoms with van der Waals surface area (Å²) in [5.74, 6) is -0.337. The van der Waals surface area contributed by atoms with Gasteiger partial charge in [-0.15, -0.1) is 0 Å². The molecule has 1 saturated carbocycles. The van der Waals surface area contributed by atoms with Crippen LogP contribution < -0.4 is 14.8 Å². The largest absolute Gasteiger partial charge is 0.457 e. The minimum Gasteiger partial charge on any atom is -0.457 e. The summed E-state index contributed by atoms with van der Waals surface area (Å²) >= 11 is 0. The molecular weight excluding hydrogens is 587 g/mol. The Labute approximate surface area is 243 Å². The molecule has 0 aliphatic heterocycles. The van der Waals surface area contributed by atoms with Gasteiger partial charge in [-0.3, -0.25) is 8.51 Å². The zero-order valence-corrected chi connectivity index (χ0v) is 24.3. The normalized spacial score (nSPS) is 14.0. The predicted molar refractivity (Wildman–Crippen MR) is 156 cm³/mol. The van der Waals surface area contributed by atoms with Crippen molar-refractivity contribution in [2.24, 2.45) is 5.73 Å². The van der Waals surface area contributed by atoms with Crippen LogP contribution >= 0.6 is 0 Å². The van der Waals surface area contributed by atoms with Crippen LogP contribution in [0.3, 0.4) is 0 Å². The molecule has 1 aromatic heterocycles. The van der Waals surface area contributed by atoms with E-state index in [4.69, 9.17) is 19.6 Å². The van der Waals surface area contributed by atoms with Gasteiger partial charge >= 0.3 is 12.1 Å². The Morgan fingerprint density at radius 2 is 1.69 bits per heavy atom. The maximum atomic E-state index is 13.2. The van der Waals surface area contributed by atoms with Crippen molar-refractivity contribution in [3.63, 3.8) is 0 Å². The summed E-state index contributed by atoms with van der Waals surface area (Å²) in [5, 5.41) is 0.320. The molecule has 220 valence electrons. The van der Waals surface area contributed by atoms with Gasteiger partial charge in [-0.2, -0.15) is 0 Å². The number of hydrogen-bond donors (Lipinski definition) is 1. The molecule has 10 nitrogen and oxygen atoms in total. The number of primary amides is 1. The second-order valence-corrected chi connectivity index (χ2v) is 13.4. The summed E-state index contributed by atoms with van der Waals surface area (Å²) in [6.45, 7) is -0.00711. The number of nitrogens with zero attached hydrogens (tertiary/aromatic N) is 1. The third-order valence-corrected chi connectivity index (χ3v) is 8.61. The average molecular weight is 615 g/mol. The fraction of sp³-hybridized carbons (Fsp3) is 0.241. The van der Waals surface area contributed by atoms with Crippen molar-refractivity contribution in [3.05, 3.63) is 77.6 Å². The first-order valence-electron chi connectivity index (χ1n) is 12.8. The molecule has 0 bridgehead atoms. The van der Waals surface area contributed by atoms with Crippen molar-refractivity contribution in [2.75, 3.05) is 29.1 Å². The molecule has 13 heteroatoms. The molecule has 1 heterocycles. The number of halogens is 1. The number of furan rings is 1. The smallest absolute Gasteiger partial charge is 0.412 e. The highest BCUT2D eigenvalue weighted by Crippen LogP contribution is 2.48. The fourth-order valence-electron chi connectivity index (χ4n) is 4.62. The third kappa shape index (κ3) is 6.47. The molecule has 3 aromatic carbocycles. The highest BCUT2D eigenvalue weighted by molar-refractivity contribution is 7.92. The highest BCUT2D eigenvalue weighted by atomic mass is 32.2. The number of ether oxygens (including phenoxy) is 2.